The molecule has 7 N–H and O–H groups in total. The van der Waals surface area contributed by atoms with E-state index in [-0.39, 0.29) is 101 Å². The molecular formula is C116H253N11O18S2. The molecule has 1 aromatic rings. The van der Waals surface area contributed by atoms with E-state index in [0.717, 1.165) is 111 Å². The van der Waals surface area contributed by atoms with Gasteiger partial charge >= 0.3 is 0 Å². The van der Waals surface area contributed by atoms with Gasteiger partial charge in [-0.15, -0.1) is 0 Å². The van der Waals surface area contributed by atoms with Crippen molar-refractivity contribution >= 4 is 37.2 Å². The summed E-state index contributed by atoms with van der Waals surface area (Å²) < 4.78 is 109. The summed E-state index contributed by atoms with van der Waals surface area (Å²) in [6.07, 6.45) is 19.9. The number of sulfone groups is 1. The Morgan fingerprint density at radius 2 is 0.782 bits per heavy atom. The van der Waals surface area contributed by atoms with Crippen molar-refractivity contribution < 1.29 is 83.8 Å². The lowest BCUT2D eigenvalue weighted by Crippen LogP contribution is -2.46. The zero-order chi connectivity index (χ0) is 118. The Balaban J connectivity index is -0.000000200. The molecular weight excluding hydrogens is 1900 g/mol. The van der Waals surface area contributed by atoms with Crippen LogP contribution in [0.1, 0.15) is 403 Å². The Labute approximate surface area is 912 Å². The maximum atomic E-state index is 11.0. The van der Waals surface area contributed by atoms with Gasteiger partial charge in [-0.25, -0.2) is 13.1 Å². The van der Waals surface area contributed by atoms with E-state index in [2.05, 4.69) is 308 Å². The van der Waals surface area contributed by atoms with Gasteiger partial charge in [0.05, 0.1) is 151 Å². The van der Waals surface area contributed by atoms with Crippen LogP contribution < -0.4 is 31.7 Å². The number of likely N-dealkylation sites (tertiary alicyclic amines) is 1. The molecule has 1 aromatic heterocycles. The van der Waals surface area contributed by atoms with Crippen LogP contribution in [-0.4, -0.2) is 345 Å². The molecule has 2 amide bonds. The number of hydrogen-bond donors (Lipinski definition) is 6. The predicted octanol–water partition coefficient (Wildman–Crippen LogP) is 22.1. The van der Waals surface area contributed by atoms with Crippen molar-refractivity contribution in [3.8, 4) is 0 Å². The van der Waals surface area contributed by atoms with Crippen LogP contribution in [0.2, 0.25) is 0 Å². The third-order valence-electron chi connectivity index (χ3n) is 18.3. The average molecular weight is 2150 g/mol. The fourth-order valence-electron chi connectivity index (χ4n) is 10.8. The number of nitrogens with zero attached hydrogens (tertiary/aromatic N) is 5. The molecule has 2 heterocycles. The molecule has 892 valence electrons. The van der Waals surface area contributed by atoms with Gasteiger partial charge in [0.25, 0.3) is 0 Å². The Morgan fingerprint density at radius 1 is 0.429 bits per heavy atom. The third kappa shape index (κ3) is 169. The van der Waals surface area contributed by atoms with E-state index in [9.17, 15) is 22.2 Å². The van der Waals surface area contributed by atoms with E-state index in [1.165, 1.54) is 71.7 Å². The van der Waals surface area contributed by atoms with Crippen LogP contribution in [0.25, 0.3) is 0 Å². The molecule has 0 bridgehead atoms. The maximum Gasteiger partial charge on any atom is 0.216 e. The Hall–Kier alpha value is -2.68. The minimum absolute atomic E-state index is 0.00722. The van der Waals surface area contributed by atoms with Gasteiger partial charge in [-0.2, -0.15) is 5.10 Å². The summed E-state index contributed by atoms with van der Waals surface area (Å²) in [7, 11) is 9.43. The number of carbonyl (C=O) groups excluding carboxylic acids is 2. The molecule has 3 aliphatic carbocycles. The van der Waals surface area contributed by atoms with Gasteiger partial charge in [-0.3, -0.25) is 18.5 Å². The summed E-state index contributed by atoms with van der Waals surface area (Å²) >= 11 is 0. The van der Waals surface area contributed by atoms with Crippen molar-refractivity contribution in [2.45, 2.75) is 494 Å². The fourth-order valence-corrected chi connectivity index (χ4v) is 11.9. The smallest absolute Gasteiger partial charge is 0.216 e. The highest BCUT2D eigenvalue weighted by Crippen LogP contribution is 2.41. The SMILES string of the molecule is C=S(C)(=O)NCCOC(C)(C)C.CC(=O)NCCCOC(C)(C)C.CC(=O)NCCOC(C)(C)C.CC(C)(C)COC(C)(C)C.CC(C)(C)OC1CCC1.CC(C)(C)OCC1(N)CC1.CC(C)(C)OCCCS(C)(=O)=O.CC(C)(C)OCCn1cccn1.CC1(COC(C)(C)C)CCC1.CN(C)CC(C)(C)C.CN(C)CCOC(C)(C)C.CN1CC(COC(C)(C)C)C1.CNCCCOC(C)(C)C.CNCCOC(C)(C)C. The third-order valence-corrected chi connectivity index (χ3v) is 20.1. The van der Waals surface area contributed by atoms with E-state index in [1.54, 1.807) is 12.5 Å². The molecule has 5 rings (SSSR count). The number of nitrogens with two attached hydrogens (primary N) is 1. The molecule has 31 heteroatoms. The molecule has 0 spiro atoms. The standard InChI is InChI=1S/C10H20O.C9H16N2O.C9H19NO2.C9H19NO.C9H20O.C8H19NO2S.C8H17NO2.C8H17NO.2C8H19NO.C8H18O3S.C8H16O.C7H17NO.C7H17N/c1-9(2,3)11-8-10(4)6-5-7-10;1-9(2,3)12-8-7-11-6-4-5-10-11;1-8(11)10-6-5-7-12-9(2,3)4;1-9(2,3)11-7-8-5-10(4)6-8;1-8(2,3)7-10-9(4,5)6;1-8(2,3)11-7-6-9-12(4,5)10;1-7(10)9-5-6-11-8(2,3)4;1-7(2,3)10-6-8(9)4-5-8;1-8(2,3)10-7-6-9(4)5;1-8(2,3)10-7-5-6-9-4;1-8(2,3)11-6-5-7-12(4,9)10;1-8(2,3)9-7-5-4-6-7;1-7(2,3)9-6-5-8-4;1-7(2,3)6-8(4)5/h5-8H2,1-4H3;4-6H,7-8H2,1-3H3;5-7H2,1-4H3,(H,10,11);8H,5-7H2,1-4H3;7H2,1-6H3;4,6-7H2,1-3,5H3,(H,9,10);5-6H2,1-4H3,(H,9,10);4-6,9H2,1-3H3;6-7H2,1-5H3;9H,5-7H2,1-4H3;5-7H2,1-4H3;7H,4-6H2,1-3H3;8H,5-6H2,1-4H3;6H2,1-5H3. The van der Waals surface area contributed by atoms with E-state index in [0.29, 0.717) is 76.0 Å². The zero-order valence-electron chi connectivity index (χ0n) is 108. The first-order chi connectivity index (χ1) is 65.4. The largest absolute Gasteiger partial charge is 0.376 e. The van der Waals surface area contributed by atoms with E-state index in [4.69, 9.17) is 67.3 Å². The number of carbonyl (C=O) groups is 2. The first kappa shape index (κ1) is 162. The lowest BCUT2D eigenvalue weighted by molar-refractivity contribution is -0.120. The Bertz CT molecular complexity index is 3360. The van der Waals surface area contributed by atoms with Crippen molar-refractivity contribution in [2.24, 2.45) is 27.9 Å². The molecule has 1 saturated heterocycles. The number of hydrogen-bond acceptors (Lipinski definition) is 25. The number of rotatable bonds is 37. The lowest BCUT2D eigenvalue weighted by atomic mass is 9.71. The summed E-state index contributed by atoms with van der Waals surface area (Å²) in [5.74, 6) is 4.46. The average Bonchev–Trinajstić information content (AvgIpc) is 1.70. The van der Waals surface area contributed by atoms with Crippen LogP contribution >= 0.6 is 0 Å². The van der Waals surface area contributed by atoms with Gasteiger partial charge < -0.3 is 103 Å². The van der Waals surface area contributed by atoms with Gasteiger partial charge in [0.2, 0.25) is 11.8 Å². The van der Waals surface area contributed by atoms with Gasteiger partial charge in [-0.1, -0.05) is 54.9 Å². The second-order valence-electron chi connectivity index (χ2n) is 55.4. The van der Waals surface area contributed by atoms with Gasteiger partial charge in [0, 0.05) is 132 Å². The van der Waals surface area contributed by atoms with Crippen LogP contribution in [0.5, 0.6) is 0 Å². The molecule has 1 aliphatic heterocycles. The summed E-state index contributed by atoms with van der Waals surface area (Å²) in [6.45, 7) is 117. The van der Waals surface area contributed by atoms with Crippen molar-refractivity contribution in [2.75, 3.05) is 206 Å². The zero-order valence-corrected chi connectivity index (χ0v) is 109. The minimum atomic E-state index is -2.82. The van der Waals surface area contributed by atoms with Crippen LogP contribution in [0.15, 0.2) is 18.5 Å². The van der Waals surface area contributed by atoms with Crippen molar-refractivity contribution in [3.05, 3.63) is 18.5 Å². The fraction of sp³-hybridized carbons (Fsp3) is 0.948. The molecule has 29 nitrogen and oxygen atoms in total. The summed E-state index contributed by atoms with van der Waals surface area (Å²) in [5, 5.41) is 15.5. The Kier molecular flexibility index (Phi) is 87.3. The predicted molar refractivity (Wildman–Crippen MR) is 632 cm³/mol. The summed E-state index contributed by atoms with van der Waals surface area (Å²) in [6, 6.07) is 1.91. The Morgan fingerprint density at radius 3 is 1.05 bits per heavy atom. The molecule has 4 fully saturated rings. The van der Waals surface area contributed by atoms with Crippen LogP contribution in [0, 0.1) is 22.2 Å². The topological polar surface area (TPSA) is 319 Å². The first-order valence-corrected chi connectivity index (χ1v) is 58.7. The van der Waals surface area contributed by atoms with Gasteiger partial charge in [0.15, 0.2) is 0 Å². The second-order valence-corrected chi connectivity index (χ2v) is 60.0. The van der Waals surface area contributed by atoms with E-state index < -0.39 is 19.5 Å². The van der Waals surface area contributed by atoms with E-state index in [1.807, 2.05) is 128 Å². The lowest BCUT2D eigenvalue weighted by Gasteiger charge is -2.40. The molecule has 1 atom stereocenters. The number of aromatic nitrogens is 2. The first-order valence-electron chi connectivity index (χ1n) is 54.5. The molecule has 3 saturated carbocycles. The summed E-state index contributed by atoms with van der Waals surface area (Å²) in [4.78, 5) is 27.5. The molecule has 4 aliphatic rings. The molecule has 0 radical (unpaired) electrons. The van der Waals surface area contributed by atoms with Crippen molar-refractivity contribution in [1.29, 1.82) is 0 Å². The normalized spacial score (nSPS) is 15.5. The van der Waals surface area contributed by atoms with Crippen LogP contribution in [-0.2, 0) is 97.3 Å². The highest BCUT2D eigenvalue weighted by Gasteiger charge is 2.40. The van der Waals surface area contributed by atoms with Gasteiger partial charge in [-0.05, 0) is 418 Å². The number of likely N-dealkylation sites (N-methyl/N-ethyl adjacent to an activating group) is 2. The van der Waals surface area contributed by atoms with Crippen LogP contribution in [0.3, 0.4) is 0 Å². The molecule has 147 heavy (non-hydrogen) atoms. The number of nitrogens with one attached hydrogen (secondary N) is 5. The van der Waals surface area contributed by atoms with Gasteiger partial charge in [0.1, 0.15) is 9.84 Å². The molecule has 0 aromatic carbocycles. The van der Waals surface area contributed by atoms with Crippen molar-refractivity contribution in [3.63, 3.8) is 0 Å². The summed E-state index contributed by atoms with van der Waals surface area (Å²) in [5.41, 5.74) is 6.74. The highest BCUT2D eigenvalue weighted by atomic mass is 32.2. The van der Waals surface area contributed by atoms with Crippen LogP contribution in [0.4, 0.5) is 0 Å². The van der Waals surface area contributed by atoms with E-state index >= 15 is 0 Å². The highest BCUT2D eigenvalue weighted by molar-refractivity contribution is 7.97. The van der Waals surface area contributed by atoms with Crippen molar-refractivity contribution in [1.82, 2.24) is 50.5 Å². The number of ether oxygens (including phenoxy) is 13. The number of amides is 2. The minimum Gasteiger partial charge on any atom is -0.376 e. The quantitative estimate of drug-likeness (QED) is 0.0266. The second kappa shape index (κ2) is 79.3. The molecule has 1 unspecified atom stereocenters. The maximum absolute atomic E-state index is 11.0. The monoisotopic (exact) mass is 2150 g/mol.